The molecule has 0 aliphatic heterocycles. The van der Waals surface area contributed by atoms with Gasteiger partial charge in [0.15, 0.2) is 5.41 Å². The van der Waals surface area contributed by atoms with Crippen LogP contribution in [0.25, 0.3) is 0 Å². The fraction of sp³-hybridized carbons (Fsp3) is 0.333. The van der Waals surface area contributed by atoms with E-state index >= 15 is 0 Å². The number of nitrogens with zero attached hydrogens (tertiary/aromatic N) is 2. The van der Waals surface area contributed by atoms with E-state index in [1.54, 1.807) is 0 Å². The maximum absolute atomic E-state index is 14.5. The third-order valence-electron chi connectivity index (χ3n) is 4.62. The SMILES string of the molecule is N#CCCNc1ccc(C(c2ccc(NCCC#N)cc2)(C(F)(F)F)C(F)(F)Cl)cc1. The molecule has 0 aromatic heterocycles. The minimum absolute atomic E-state index is 0.169. The highest BCUT2D eigenvalue weighted by Crippen LogP contribution is 2.57. The number of anilines is 2. The summed E-state index contributed by atoms with van der Waals surface area (Å²) in [5, 5.41) is 18.0. The van der Waals surface area contributed by atoms with E-state index in [0.717, 1.165) is 24.3 Å². The third kappa shape index (κ3) is 5.18. The van der Waals surface area contributed by atoms with Crippen molar-refractivity contribution in [3.8, 4) is 12.1 Å². The minimum atomic E-state index is -5.43. The van der Waals surface area contributed by atoms with E-state index in [2.05, 4.69) is 10.6 Å². The Balaban J connectivity index is 2.53. The van der Waals surface area contributed by atoms with Gasteiger partial charge in [-0.2, -0.15) is 32.5 Å². The lowest BCUT2D eigenvalue weighted by Crippen LogP contribution is -2.54. The molecule has 0 fully saturated rings. The zero-order valence-electron chi connectivity index (χ0n) is 16.1. The van der Waals surface area contributed by atoms with E-state index in [0.29, 0.717) is 11.4 Å². The molecule has 0 bridgehead atoms. The summed E-state index contributed by atoms with van der Waals surface area (Å²) in [5.41, 5.74) is -4.49. The van der Waals surface area contributed by atoms with Crippen LogP contribution < -0.4 is 10.6 Å². The first-order chi connectivity index (χ1) is 14.6. The summed E-state index contributed by atoms with van der Waals surface area (Å²) < 4.78 is 71.9. The Kier molecular flexibility index (Phi) is 7.70. The number of nitriles is 2. The van der Waals surface area contributed by atoms with Gasteiger partial charge in [0, 0.05) is 24.5 Å². The number of rotatable bonds is 9. The van der Waals surface area contributed by atoms with Crippen LogP contribution in [0.3, 0.4) is 0 Å². The van der Waals surface area contributed by atoms with Crippen molar-refractivity contribution in [3.05, 3.63) is 59.7 Å². The molecule has 2 rings (SSSR count). The second-order valence-corrected chi connectivity index (χ2v) is 7.04. The van der Waals surface area contributed by atoms with Gasteiger partial charge in [-0.05, 0) is 47.0 Å². The molecule has 2 N–H and O–H groups in total. The predicted octanol–water partition coefficient (Wildman–Crippen LogP) is 6.02. The van der Waals surface area contributed by atoms with Crippen molar-refractivity contribution in [2.24, 2.45) is 0 Å². The maximum atomic E-state index is 14.5. The molecular weight excluding hydrogens is 439 g/mol. The zero-order chi connectivity index (χ0) is 23.1. The fourth-order valence-electron chi connectivity index (χ4n) is 3.18. The van der Waals surface area contributed by atoms with Gasteiger partial charge in [-0.25, -0.2) is 0 Å². The van der Waals surface area contributed by atoms with Crippen LogP contribution in [0.4, 0.5) is 33.3 Å². The molecule has 0 unspecified atom stereocenters. The number of nitrogens with one attached hydrogen (secondary N) is 2. The average Bonchev–Trinajstić information content (AvgIpc) is 2.69. The first kappa shape index (κ1) is 24.2. The molecule has 0 spiro atoms. The minimum Gasteiger partial charge on any atom is -0.384 e. The molecule has 0 atom stereocenters. The van der Waals surface area contributed by atoms with Gasteiger partial charge in [-0.1, -0.05) is 24.3 Å². The van der Waals surface area contributed by atoms with Crippen LogP contribution in [-0.4, -0.2) is 24.6 Å². The monoisotopic (exact) mass is 456 g/mol. The van der Waals surface area contributed by atoms with Gasteiger partial charge in [-0.3, -0.25) is 0 Å². The molecule has 0 amide bonds. The van der Waals surface area contributed by atoms with Gasteiger partial charge in [0.25, 0.3) is 0 Å². The lowest BCUT2D eigenvalue weighted by atomic mass is 9.73. The summed E-state index contributed by atoms with van der Waals surface area (Å²) in [6, 6.07) is 12.5. The van der Waals surface area contributed by atoms with Crippen LogP contribution in [-0.2, 0) is 5.41 Å². The standard InChI is InChI=1S/C21H18ClF5N4/c22-20(23,24)19(21(25,26)27,15-3-7-17(8-4-15)30-13-1-11-28)16-5-9-18(10-6-16)31-14-2-12-29/h3-10,30-31H,1-2,13-14H2. The quantitative estimate of drug-likeness (QED) is 0.275. The topological polar surface area (TPSA) is 71.6 Å². The molecule has 0 saturated carbocycles. The highest BCUT2D eigenvalue weighted by Gasteiger charge is 2.70. The van der Waals surface area contributed by atoms with Crippen LogP contribution in [0.2, 0.25) is 0 Å². The molecule has 0 heterocycles. The lowest BCUT2D eigenvalue weighted by molar-refractivity contribution is -0.222. The van der Waals surface area contributed by atoms with Crippen molar-refractivity contribution in [3.63, 3.8) is 0 Å². The van der Waals surface area contributed by atoms with Crippen LogP contribution in [0.1, 0.15) is 24.0 Å². The van der Waals surface area contributed by atoms with Gasteiger partial charge in [0.05, 0.1) is 25.0 Å². The molecular formula is C21H18ClF5N4. The Morgan fingerprint density at radius 2 is 1.06 bits per heavy atom. The summed E-state index contributed by atoms with van der Waals surface area (Å²) in [4.78, 5) is 0. The molecule has 0 aliphatic carbocycles. The van der Waals surface area contributed by atoms with Crippen LogP contribution in [0.5, 0.6) is 0 Å². The second kappa shape index (κ2) is 9.84. The predicted molar refractivity (Wildman–Crippen MR) is 108 cm³/mol. The Labute approximate surface area is 181 Å². The van der Waals surface area contributed by atoms with Crippen molar-refractivity contribution in [2.45, 2.75) is 29.8 Å². The second-order valence-electron chi connectivity index (χ2n) is 6.57. The average molecular weight is 457 g/mol. The van der Waals surface area contributed by atoms with Gasteiger partial charge >= 0.3 is 11.6 Å². The van der Waals surface area contributed by atoms with Crippen molar-refractivity contribution in [2.75, 3.05) is 23.7 Å². The fourth-order valence-corrected chi connectivity index (χ4v) is 3.51. The molecule has 10 heteroatoms. The highest BCUT2D eigenvalue weighted by atomic mass is 35.5. The Hall–Kier alpha value is -3.04. The number of halogens is 6. The number of hydrogen-bond acceptors (Lipinski definition) is 4. The lowest BCUT2D eigenvalue weighted by Gasteiger charge is -2.39. The van der Waals surface area contributed by atoms with E-state index in [9.17, 15) is 22.0 Å². The molecule has 31 heavy (non-hydrogen) atoms. The summed E-state index contributed by atoms with van der Waals surface area (Å²) >= 11 is 5.14. The van der Waals surface area contributed by atoms with Crippen molar-refractivity contribution in [1.29, 1.82) is 10.5 Å². The van der Waals surface area contributed by atoms with Crippen molar-refractivity contribution in [1.82, 2.24) is 0 Å². The van der Waals surface area contributed by atoms with Gasteiger partial charge in [0.2, 0.25) is 0 Å². The largest absolute Gasteiger partial charge is 0.409 e. The summed E-state index contributed by atoms with van der Waals surface area (Å²) in [5.74, 6) is 0. The normalized spacial score (nSPS) is 12.0. The molecule has 2 aromatic carbocycles. The molecule has 0 radical (unpaired) electrons. The molecule has 2 aromatic rings. The zero-order valence-corrected chi connectivity index (χ0v) is 16.9. The van der Waals surface area contributed by atoms with E-state index in [4.69, 9.17) is 22.1 Å². The maximum Gasteiger partial charge on any atom is 0.409 e. The van der Waals surface area contributed by atoms with Crippen LogP contribution in [0, 0.1) is 22.7 Å². The summed E-state index contributed by atoms with van der Waals surface area (Å²) in [6.45, 7) is 0.512. The van der Waals surface area contributed by atoms with E-state index in [1.165, 1.54) is 24.3 Å². The van der Waals surface area contributed by atoms with Gasteiger partial charge in [-0.15, -0.1) is 0 Å². The third-order valence-corrected chi connectivity index (χ3v) is 4.90. The number of hydrogen-bond donors (Lipinski definition) is 2. The first-order valence-corrected chi connectivity index (χ1v) is 9.52. The molecule has 164 valence electrons. The summed E-state index contributed by atoms with van der Waals surface area (Å²) in [7, 11) is 0. The van der Waals surface area contributed by atoms with E-state index < -0.39 is 28.1 Å². The van der Waals surface area contributed by atoms with Crippen molar-refractivity contribution >= 4 is 23.0 Å². The Morgan fingerprint density at radius 3 is 1.32 bits per heavy atom. The Morgan fingerprint density at radius 1 is 0.710 bits per heavy atom. The molecule has 0 saturated heterocycles. The van der Waals surface area contributed by atoms with Crippen molar-refractivity contribution < 1.29 is 22.0 Å². The summed E-state index contributed by atoms with van der Waals surface area (Å²) in [6.07, 6.45) is -5.09. The molecule has 4 nitrogen and oxygen atoms in total. The highest BCUT2D eigenvalue weighted by molar-refractivity contribution is 6.23. The number of benzene rings is 2. The van der Waals surface area contributed by atoms with E-state index in [-0.39, 0.29) is 25.9 Å². The smallest absolute Gasteiger partial charge is 0.384 e. The first-order valence-electron chi connectivity index (χ1n) is 9.14. The van der Waals surface area contributed by atoms with Gasteiger partial charge < -0.3 is 10.6 Å². The van der Waals surface area contributed by atoms with Crippen LogP contribution >= 0.6 is 11.6 Å². The van der Waals surface area contributed by atoms with Gasteiger partial charge in [0.1, 0.15) is 0 Å². The number of alkyl halides is 6. The molecule has 0 aliphatic rings. The Bertz CT molecular complexity index is 859. The van der Waals surface area contributed by atoms with Crippen LogP contribution in [0.15, 0.2) is 48.5 Å². The van der Waals surface area contributed by atoms with E-state index in [1.807, 2.05) is 12.1 Å².